The van der Waals surface area contributed by atoms with E-state index in [2.05, 4.69) is 62.5 Å². The Balaban J connectivity index is 3.33. The summed E-state index contributed by atoms with van der Waals surface area (Å²) in [6, 6.07) is 0. The zero-order valence-corrected chi connectivity index (χ0v) is 10.9. The van der Waals surface area contributed by atoms with Crippen LogP contribution in [0.4, 0.5) is 0 Å². The van der Waals surface area contributed by atoms with E-state index in [1.165, 1.54) is 19.3 Å². The largest absolute Gasteiger partial charge is 0.0914 e. The first kappa shape index (κ1) is 15.0. The van der Waals surface area contributed by atoms with Crippen molar-refractivity contribution < 1.29 is 0 Å². The number of rotatable bonds is 9. The van der Waals surface area contributed by atoms with Crippen LogP contribution in [0.1, 0.15) is 52.4 Å². The Bertz CT molecular complexity index is 228. The van der Waals surface area contributed by atoms with Gasteiger partial charge in [-0.25, -0.2) is 0 Å². The molecule has 0 atom stereocenters. The first-order valence-corrected chi connectivity index (χ1v) is 6.48. The molecule has 0 amide bonds. The van der Waals surface area contributed by atoms with Gasteiger partial charge in [-0.1, -0.05) is 68.4 Å². The van der Waals surface area contributed by atoms with E-state index in [1.54, 1.807) is 0 Å². The van der Waals surface area contributed by atoms with Gasteiger partial charge in [0.15, 0.2) is 0 Å². The van der Waals surface area contributed by atoms with Crippen molar-refractivity contribution in [2.45, 2.75) is 52.4 Å². The minimum absolute atomic E-state index is 1.06. The summed E-state index contributed by atoms with van der Waals surface area (Å²) in [5.74, 6) is 0. The normalized spacial score (nSPS) is 12.9. The van der Waals surface area contributed by atoms with Crippen molar-refractivity contribution in [3.63, 3.8) is 0 Å². The molecule has 0 N–H and O–H groups in total. The van der Waals surface area contributed by atoms with Gasteiger partial charge in [0.1, 0.15) is 0 Å². The molecular weight excluding hydrogens is 192 g/mol. The molecule has 0 bridgehead atoms. The number of allylic oxidation sites excluding steroid dienone is 8. The highest BCUT2D eigenvalue weighted by Gasteiger charge is 1.77. The Morgan fingerprint density at radius 1 is 0.688 bits per heavy atom. The molecule has 0 aromatic rings. The van der Waals surface area contributed by atoms with Crippen molar-refractivity contribution in [2.24, 2.45) is 0 Å². The summed E-state index contributed by atoms with van der Waals surface area (Å²) in [7, 11) is 0. The molecule has 0 nitrogen and oxygen atoms in total. The van der Waals surface area contributed by atoms with E-state index in [9.17, 15) is 0 Å². The molecule has 0 aromatic heterocycles. The molecule has 0 aliphatic rings. The number of hydrogen-bond donors (Lipinski definition) is 0. The van der Waals surface area contributed by atoms with Crippen LogP contribution in [0, 0.1) is 0 Å². The molecule has 0 heterocycles. The Kier molecular flexibility index (Phi) is 13.1. The highest BCUT2D eigenvalue weighted by molar-refractivity contribution is 4.98. The van der Waals surface area contributed by atoms with Crippen LogP contribution in [0.3, 0.4) is 0 Å². The quantitative estimate of drug-likeness (QED) is 0.349. The topological polar surface area (TPSA) is 0 Å². The SMILES string of the molecule is C/C=C/C/C=C\C/C=C/C/C=C/CCCC. The van der Waals surface area contributed by atoms with E-state index < -0.39 is 0 Å². The van der Waals surface area contributed by atoms with Crippen molar-refractivity contribution in [3.05, 3.63) is 48.6 Å². The van der Waals surface area contributed by atoms with Gasteiger partial charge in [-0.05, 0) is 32.6 Å². The summed E-state index contributed by atoms with van der Waals surface area (Å²) >= 11 is 0. The lowest BCUT2D eigenvalue weighted by Crippen LogP contribution is -1.67. The van der Waals surface area contributed by atoms with E-state index in [-0.39, 0.29) is 0 Å². The van der Waals surface area contributed by atoms with Gasteiger partial charge in [-0.3, -0.25) is 0 Å². The van der Waals surface area contributed by atoms with Crippen LogP contribution < -0.4 is 0 Å². The summed E-state index contributed by atoms with van der Waals surface area (Å²) < 4.78 is 0. The second kappa shape index (κ2) is 14.0. The van der Waals surface area contributed by atoms with Crippen LogP contribution in [-0.2, 0) is 0 Å². The Labute approximate surface area is 101 Å². The summed E-state index contributed by atoms with van der Waals surface area (Å²) in [5.41, 5.74) is 0. The van der Waals surface area contributed by atoms with Gasteiger partial charge >= 0.3 is 0 Å². The zero-order chi connectivity index (χ0) is 11.9. The average Bonchev–Trinajstić information content (AvgIpc) is 2.31. The summed E-state index contributed by atoms with van der Waals surface area (Å²) in [4.78, 5) is 0. The van der Waals surface area contributed by atoms with Gasteiger partial charge in [-0.2, -0.15) is 0 Å². The first-order chi connectivity index (χ1) is 7.91. The third-order valence-electron chi connectivity index (χ3n) is 2.28. The molecule has 0 saturated carbocycles. The Morgan fingerprint density at radius 3 is 1.69 bits per heavy atom. The van der Waals surface area contributed by atoms with Crippen LogP contribution >= 0.6 is 0 Å². The second-order valence-electron chi connectivity index (χ2n) is 3.83. The van der Waals surface area contributed by atoms with Crippen molar-refractivity contribution in [1.29, 1.82) is 0 Å². The lowest BCUT2D eigenvalue weighted by atomic mass is 10.2. The van der Waals surface area contributed by atoms with Crippen LogP contribution in [0.25, 0.3) is 0 Å². The molecular formula is C16H26. The summed E-state index contributed by atoms with van der Waals surface area (Å²) in [5, 5.41) is 0. The van der Waals surface area contributed by atoms with E-state index >= 15 is 0 Å². The molecule has 0 aliphatic carbocycles. The van der Waals surface area contributed by atoms with E-state index in [1.807, 2.05) is 0 Å². The molecule has 0 spiro atoms. The maximum atomic E-state index is 2.29. The number of unbranched alkanes of at least 4 members (excludes halogenated alkanes) is 2. The molecule has 0 heteroatoms. The monoisotopic (exact) mass is 218 g/mol. The van der Waals surface area contributed by atoms with Crippen molar-refractivity contribution >= 4 is 0 Å². The fourth-order valence-electron chi connectivity index (χ4n) is 1.29. The van der Waals surface area contributed by atoms with Gasteiger partial charge < -0.3 is 0 Å². The molecule has 90 valence electrons. The smallest absolute Gasteiger partial charge is 0.0169 e. The van der Waals surface area contributed by atoms with Crippen LogP contribution in [0.15, 0.2) is 48.6 Å². The van der Waals surface area contributed by atoms with Gasteiger partial charge in [0, 0.05) is 0 Å². The standard InChI is InChI=1S/C16H26/c1-3-5-7-9-11-13-15-16-14-12-10-8-6-4-2/h3,5,9-12,15-16H,4,6-8,13-14H2,1-2H3/b5-3+,11-9-,12-10+,16-15+. The summed E-state index contributed by atoms with van der Waals surface area (Å²) in [6.07, 6.45) is 24.7. The third-order valence-corrected chi connectivity index (χ3v) is 2.28. The predicted octanol–water partition coefficient (Wildman–Crippen LogP) is 5.59. The molecule has 0 radical (unpaired) electrons. The summed E-state index contributed by atoms with van der Waals surface area (Å²) in [6.45, 7) is 4.28. The predicted molar refractivity (Wildman–Crippen MR) is 75.6 cm³/mol. The molecule has 0 aliphatic heterocycles. The first-order valence-electron chi connectivity index (χ1n) is 6.48. The fourth-order valence-corrected chi connectivity index (χ4v) is 1.29. The number of hydrogen-bond acceptors (Lipinski definition) is 0. The zero-order valence-electron chi connectivity index (χ0n) is 10.9. The second-order valence-corrected chi connectivity index (χ2v) is 3.83. The van der Waals surface area contributed by atoms with Gasteiger partial charge in [0.05, 0.1) is 0 Å². The molecule has 0 aromatic carbocycles. The molecule has 0 saturated heterocycles. The maximum Gasteiger partial charge on any atom is -0.0169 e. The average molecular weight is 218 g/mol. The Hall–Kier alpha value is -1.04. The highest BCUT2D eigenvalue weighted by Crippen LogP contribution is 1.97. The molecule has 0 fully saturated rings. The van der Waals surface area contributed by atoms with Crippen LogP contribution in [0.5, 0.6) is 0 Å². The van der Waals surface area contributed by atoms with Crippen LogP contribution in [-0.4, -0.2) is 0 Å². The Morgan fingerprint density at radius 2 is 1.19 bits per heavy atom. The van der Waals surface area contributed by atoms with E-state index in [0.717, 1.165) is 19.3 Å². The van der Waals surface area contributed by atoms with Gasteiger partial charge in [0.25, 0.3) is 0 Å². The maximum absolute atomic E-state index is 2.29. The van der Waals surface area contributed by atoms with Crippen molar-refractivity contribution in [3.8, 4) is 0 Å². The third kappa shape index (κ3) is 13.0. The van der Waals surface area contributed by atoms with E-state index in [0.29, 0.717) is 0 Å². The highest BCUT2D eigenvalue weighted by atomic mass is 13.8. The van der Waals surface area contributed by atoms with E-state index in [4.69, 9.17) is 0 Å². The minimum atomic E-state index is 1.06. The fraction of sp³-hybridized carbons (Fsp3) is 0.500. The minimum Gasteiger partial charge on any atom is -0.0914 e. The van der Waals surface area contributed by atoms with Crippen LogP contribution in [0.2, 0.25) is 0 Å². The van der Waals surface area contributed by atoms with Crippen molar-refractivity contribution in [1.82, 2.24) is 0 Å². The molecule has 0 rings (SSSR count). The van der Waals surface area contributed by atoms with Gasteiger partial charge in [-0.15, -0.1) is 0 Å². The lowest BCUT2D eigenvalue weighted by Gasteiger charge is -1.87. The lowest BCUT2D eigenvalue weighted by molar-refractivity contribution is 0.813. The molecule has 0 unspecified atom stereocenters. The molecule has 16 heavy (non-hydrogen) atoms. The van der Waals surface area contributed by atoms with Gasteiger partial charge in [0.2, 0.25) is 0 Å². The van der Waals surface area contributed by atoms with Crippen molar-refractivity contribution in [2.75, 3.05) is 0 Å².